The molecule has 1 aromatic heterocycles. The Morgan fingerprint density at radius 3 is 2.73 bits per heavy atom. The number of anilines is 1. The fourth-order valence-electron chi connectivity index (χ4n) is 2.03. The van der Waals surface area contributed by atoms with Gasteiger partial charge in [0.1, 0.15) is 5.82 Å². The highest BCUT2D eigenvalue weighted by Gasteiger charge is 2.33. The van der Waals surface area contributed by atoms with E-state index >= 15 is 0 Å². The van der Waals surface area contributed by atoms with Gasteiger partial charge < -0.3 is 10.0 Å². The molecule has 1 aliphatic heterocycles. The number of pyridine rings is 1. The summed E-state index contributed by atoms with van der Waals surface area (Å²) in [5.74, 6) is 1.77. The normalized spacial score (nSPS) is 21.6. The van der Waals surface area contributed by atoms with Crippen molar-refractivity contribution in [1.29, 1.82) is 0 Å². The Morgan fingerprint density at radius 2 is 2.13 bits per heavy atom. The molecule has 0 bridgehead atoms. The van der Waals surface area contributed by atoms with Gasteiger partial charge in [0, 0.05) is 23.8 Å². The van der Waals surface area contributed by atoms with E-state index in [0.717, 1.165) is 23.4 Å². The second-order valence-corrected chi connectivity index (χ2v) is 5.32. The Balaban J connectivity index is 1.92. The Morgan fingerprint density at radius 1 is 1.40 bits per heavy atom. The van der Waals surface area contributed by atoms with Crippen molar-refractivity contribution in [3.8, 4) is 0 Å². The molecule has 1 aromatic rings. The molecule has 80 valence electrons. The van der Waals surface area contributed by atoms with Gasteiger partial charge >= 0.3 is 0 Å². The van der Waals surface area contributed by atoms with Crippen LogP contribution in [0.2, 0.25) is 0 Å². The number of halogens is 1. The number of β-amino-alcohol motifs (C(OH)–C–C–N with tert-alkyl or cyclic N) is 1. The topological polar surface area (TPSA) is 36.4 Å². The van der Waals surface area contributed by atoms with E-state index in [1.54, 1.807) is 0 Å². The number of aliphatic hydroxyl groups is 1. The summed E-state index contributed by atoms with van der Waals surface area (Å²) in [4.78, 5) is 6.62. The summed E-state index contributed by atoms with van der Waals surface area (Å²) in [6.07, 6.45) is 4.23. The van der Waals surface area contributed by atoms with Crippen LogP contribution in [0.4, 0.5) is 5.82 Å². The zero-order valence-corrected chi connectivity index (χ0v) is 9.94. The Kier molecular flexibility index (Phi) is 2.21. The number of rotatable bonds is 2. The van der Waals surface area contributed by atoms with Crippen molar-refractivity contribution in [2.24, 2.45) is 0 Å². The molecule has 15 heavy (non-hydrogen) atoms. The van der Waals surface area contributed by atoms with E-state index < -0.39 is 0 Å². The van der Waals surface area contributed by atoms with E-state index in [1.807, 2.05) is 6.20 Å². The molecular weight excluding hydrogens is 256 g/mol. The van der Waals surface area contributed by atoms with Crippen molar-refractivity contribution in [2.75, 3.05) is 18.0 Å². The smallest absolute Gasteiger partial charge is 0.132 e. The van der Waals surface area contributed by atoms with Crippen molar-refractivity contribution < 1.29 is 5.11 Å². The zero-order valence-electron chi connectivity index (χ0n) is 8.36. The van der Waals surface area contributed by atoms with E-state index in [4.69, 9.17) is 0 Å². The van der Waals surface area contributed by atoms with Crippen LogP contribution in [-0.2, 0) is 0 Å². The summed E-state index contributed by atoms with van der Waals surface area (Å²) < 4.78 is 1.05. The molecule has 0 spiro atoms. The largest absolute Gasteiger partial charge is 0.389 e. The molecule has 3 rings (SSSR count). The van der Waals surface area contributed by atoms with E-state index in [1.165, 1.54) is 18.4 Å². The van der Waals surface area contributed by atoms with Crippen LogP contribution in [0, 0.1) is 0 Å². The standard InChI is InChI=1S/C11H13BrN2O/c12-8-3-10(7-1-2-7)11(13-4-8)14-5-9(15)6-14/h3-4,7,9,15H,1-2,5-6H2. The number of hydrogen-bond acceptors (Lipinski definition) is 3. The van der Waals surface area contributed by atoms with Crippen LogP contribution in [0.3, 0.4) is 0 Å². The lowest BCUT2D eigenvalue weighted by molar-refractivity contribution is 0.141. The molecule has 0 unspecified atom stereocenters. The molecule has 2 aliphatic rings. The Labute approximate surface area is 97.3 Å². The fraction of sp³-hybridized carbons (Fsp3) is 0.545. The fourth-order valence-corrected chi connectivity index (χ4v) is 2.38. The maximum atomic E-state index is 9.30. The first-order valence-corrected chi connectivity index (χ1v) is 6.12. The highest BCUT2D eigenvalue weighted by Crippen LogP contribution is 2.45. The minimum atomic E-state index is -0.164. The molecule has 4 heteroatoms. The number of aromatic nitrogens is 1. The molecule has 0 atom stereocenters. The minimum Gasteiger partial charge on any atom is -0.389 e. The molecule has 0 amide bonds. The molecule has 1 saturated heterocycles. The van der Waals surface area contributed by atoms with Crippen LogP contribution in [0.25, 0.3) is 0 Å². The average molecular weight is 269 g/mol. The Bertz CT molecular complexity index is 386. The SMILES string of the molecule is OC1CN(c2ncc(Br)cc2C2CC2)C1. The van der Waals surface area contributed by atoms with Crippen molar-refractivity contribution >= 4 is 21.7 Å². The lowest BCUT2D eigenvalue weighted by atomic mass is 10.1. The summed E-state index contributed by atoms with van der Waals surface area (Å²) >= 11 is 3.46. The summed E-state index contributed by atoms with van der Waals surface area (Å²) in [5.41, 5.74) is 1.34. The molecule has 1 aliphatic carbocycles. The number of hydrogen-bond donors (Lipinski definition) is 1. The van der Waals surface area contributed by atoms with Crippen molar-refractivity contribution in [3.05, 3.63) is 22.3 Å². The van der Waals surface area contributed by atoms with Crippen LogP contribution < -0.4 is 4.90 Å². The van der Waals surface area contributed by atoms with Gasteiger partial charge in [-0.05, 0) is 46.3 Å². The predicted molar refractivity (Wildman–Crippen MR) is 62.1 cm³/mol. The van der Waals surface area contributed by atoms with Crippen LogP contribution in [0.1, 0.15) is 24.3 Å². The summed E-state index contributed by atoms with van der Waals surface area (Å²) in [5, 5.41) is 9.30. The van der Waals surface area contributed by atoms with Gasteiger partial charge in [-0.15, -0.1) is 0 Å². The molecule has 1 saturated carbocycles. The van der Waals surface area contributed by atoms with Crippen LogP contribution in [0.15, 0.2) is 16.7 Å². The van der Waals surface area contributed by atoms with Crippen molar-refractivity contribution in [3.63, 3.8) is 0 Å². The Hall–Kier alpha value is -0.610. The summed E-state index contributed by atoms with van der Waals surface area (Å²) in [6.45, 7) is 1.46. The molecule has 2 heterocycles. The molecule has 3 nitrogen and oxygen atoms in total. The first-order chi connectivity index (χ1) is 7.24. The quantitative estimate of drug-likeness (QED) is 0.890. The van der Waals surface area contributed by atoms with Gasteiger partial charge in [-0.3, -0.25) is 0 Å². The highest BCUT2D eigenvalue weighted by atomic mass is 79.9. The van der Waals surface area contributed by atoms with Crippen LogP contribution in [0.5, 0.6) is 0 Å². The molecule has 1 N–H and O–H groups in total. The van der Waals surface area contributed by atoms with Gasteiger partial charge in [0.25, 0.3) is 0 Å². The van der Waals surface area contributed by atoms with Gasteiger partial charge in [-0.2, -0.15) is 0 Å². The predicted octanol–water partition coefficient (Wildman–Crippen LogP) is 1.90. The first kappa shape index (κ1) is 9.60. The van der Waals surface area contributed by atoms with E-state index in [0.29, 0.717) is 5.92 Å². The molecule has 0 aromatic carbocycles. The average Bonchev–Trinajstić information content (AvgIpc) is 2.96. The maximum absolute atomic E-state index is 9.30. The summed E-state index contributed by atoms with van der Waals surface area (Å²) in [7, 11) is 0. The first-order valence-electron chi connectivity index (χ1n) is 5.32. The molecular formula is C11H13BrN2O. The lowest BCUT2D eigenvalue weighted by Gasteiger charge is -2.38. The third kappa shape index (κ3) is 1.76. The lowest BCUT2D eigenvalue weighted by Crippen LogP contribution is -2.51. The third-order valence-electron chi connectivity index (χ3n) is 3.04. The van der Waals surface area contributed by atoms with Crippen molar-refractivity contribution in [2.45, 2.75) is 24.9 Å². The second kappa shape index (κ2) is 3.46. The van der Waals surface area contributed by atoms with E-state index in [2.05, 4.69) is 31.9 Å². The van der Waals surface area contributed by atoms with Gasteiger partial charge in [-0.25, -0.2) is 4.98 Å². The zero-order chi connectivity index (χ0) is 10.4. The van der Waals surface area contributed by atoms with E-state index in [-0.39, 0.29) is 6.10 Å². The third-order valence-corrected chi connectivity index (χ3v) is 3.47. The van der Waals surface area contributed by atoms with Crippen LogP contribution >= 0.6 is 15.9 Å². The molecule has 2 fully saturated rings. The number of aliphatic hydroxyl groups excluding tert-OH is 1. The van der Waals surface area contributed by atoms with Crippen molar-refractivity contribution in [1.82, 2.24) is 4.98 Å². The second-order valence-electron chi connectivity index (χ2n) is 4.40. The van der Waals surface area contributed by atoms with Gasteiger partial charge in [0.15, 0.2) is 0 Å². The van der Waals surface area contributed by atoms with E-state index in [9.17, 15) is 5.11 Å². The van der Waals surface area contributed by atoms with Gasteiger partial charge in [0.05, 0.1) is 6.10 Å². The monoisotopic (exact) mass is 268 g/mol. The summed E-state index contributed by atoms with van der Waals surface area (Å²) in [6, 6.07) is 2.17. The maximum Gasteiger partial charge on any atom is 0.132 e. The molecule has 0 radical (unpaired) electrons. The highest BCUT2D eigenvalue weighted by molar-refractivity contribution is 9.10. The van der Waals surface area contributed by atoms with Crippen LogP contribution in [-0.4, -0.2) is 29.3 Å². The van der Waals surface area contributed by atoms with Gasteiger partial charge in [0.2, 0.25) is 0 Å². The minimum absolute atomic E-state index is 0.164. The number of nitrogens with zero attached hydrogens (tertiary/aromatic N) is 2. The van der Waals surface area contributed by atoms with Gasteiger partial charge in [-0.1, -0.05) is 0 Å².